The summed E-state index contributed by atoms with van der Waals surface area (Å²) in [6.07, 6.45) is 0.790. The molecule has 0 aromatic heterocycles. The van der Waals surface area contributed by atoms with E-state index in [4.69, 9.17) is 9.47 Å². The van der Waals surface area contributed by atoms with E-state index in [1.54, 1.807) is 44.6 Å². The standard InChI is InChI=1S/C18H19NO4S/c1-22-17-10-13-8-9-19-16(15(13)11-18(17)23-2)12-24(20,21)14-6-4-3-5-7-14/h3-7,10-12,19H,8-9H2,1-2H3. The fourth-order valence-electron chi connectivity index (χ4n) is 2.74. The van der Waals surface area contributed by atoms with Crippen molar-refractivity contribution in [1.29, 1.82) is 0 Å². The molecule has 0 fully saturated rings. The molecule has 24 heavy (non-hydrogen) atoms. The Morgan fingerprint density at radius 1 is 1.04 bits per heavy atom. The van der Waals surface area contributed by atoms with Gasteiger partial charge in [-0.2, -0.15) is 0 Å². The minimum atomic E-state index is -3.53. The van der Waals surface area contributed by atoms with Crippen LogP contribution in [-0.4, -0.2) is 29.2 Å². The van der Waals surface area contributed by atoms with Gasteiger partial charge in [-0.05, 0) is 36.2 Å². The van der Waals surface area contributed by atoms with Crippen LogP contribution in [0.3, 0.4) is 0 Å². The zero-order valence-electron chi connectivity index (χ0n) is 13.6. The molecule has 1 N–H and O–H groups in total. The molecule has 0 atom stereocenters. The summed E-state index contributed by atoms with van der Waals surface area (Å²) in [6, 6.07) is 12.1. The molecule has 0 saturated heterocycles. The van der Waals surface area contributed by atoms with Crippen LogP contribution >= 0.6 is 0 Å². The van der Waals surface area contributed by atoms with Crippen LogP contribution < -0.4 is 14.8 Å². The lowest BCUT2D eigenvalue weighted by atomic mass is 9.98. The smallest absolute Gasteiger partial charge is 0.201 e. The average molecular weight is 345 g/mol. The molecule has 1 heterocycles. The molecular weight excluding hydrogens is 326 g/mol. The van der Waals surface area contributed by atoms with Crippen LogP contribution in [0.15, 0.2) is 52.8 Å². The Balaban J connectivity index is 2.09. The molecule has 0 aliphatic carbocycles. The van der Waals surface area contributed by atoms with E-state index in [2.05, 4.69) is 5.32 Å². The van der Waals surface area contributed by atoms with Gasteiger partial charge in [0.05, 0.1) is 30.2 Å². The van der Waals surface area contributed by atoms with Crippen LogP contribution in [-0.2, 0) is 16.3 Å². The van der Waals surface area contributed by atoms with E-state index in [1.807, 2.05) is 12.1 Å². The van der Waals surface area contributed by atoms with Crippen molar-refractivity contribution in [3.8, 4) is 11.5 Å². The first-order valence-electron chi connectivity index (χ1n) is 7.56. The van der Waals surface area contributed by atoms with Crippen molar-refractivity contribution in [2.45, 2.75) is 11.3 Å². The summed E-state index contributed by atoms with van der Waals surface area (Å²) in [4.78, 5) is 0.270. The van der Waals surface area contributed by atoms with E-state index in [0.29, 0.717) is 23.7 Å². The molecule has 1 aliphatic heterocycles. The van der Waals surface area contributed by atoms with Crippen molar-refractivity contribution in [1.82, 2.24) is 5.32 Å². The number of hydrogen-bond donors (Lipinski definition) is 1. The number of nitrogens with one attached hydrogen (secondary N) is 1. The van der Waals surface area contributed by atoms with Crippen LogP contribution in [0.5, 0.6) is 11.5 Å². The molecular formula is C18H19NO4S. The van der Waals surface area contributed by atoms with Gasteiger partial charge in [0, 0.05) is 12.1 Å². The Kier molecular flexibility index (Phi) is 4.49. The van der Waals surface area contributed by atoms with Crippen molar-refractivity contribution in [2.24, 2.45) is 0 Å². The topological polar surface area (TPSA) is 64.6 Å². The van der Waals surface area contributed by atoms with Crippen LogP contribution in [0.2, 0.25) is 0 Å². The molecule has 0 unspecified atom stereocenters. The quantitative estimate of drug-likeness (QED) is 0.923. The third-order valence-electron chi connectivity index (χ3n) is 3.95. The highest BCUT2D eigenvalue weighted by Gasteiger charge is 2.21. The van der Waals surface area contributed by atoms with Gasteiger partial charge in [0.1, 0.15) is 0 Å². The maximum atomic E-state index is 12.6. The van der Waals surface area contributed by atoms with Gasteiger partial charge in [0.25, 0.3) is 0 Å². The lowest BCUT2D eigenvalue weighted by Crippen LogP contribution is -2.23. The molecule has 0 amide bonds. The summed E-state index contributed by atoms with van der Waals surface area (Å²) in [5.41, 5.74) is 2.42. The van der Waals surface area contributed by atoms with Crippen LogP contribution in [0.1, 0.15) is 11.1 Å². The van der Waals surface area contributed by atoms with E-state index in [1.165, 1.54) is 5.41 Å². The fraction of sp³-hybridized carbons (Fsp3) is 0.222. The summed E-state index contributed by atoms with van der Waals surface area (Å²) in [5.74, 6) is 1.21. The number of hydrogen-bond acceptors (Lipinski definition) is 5. The number of benzene rings is 2. The molecule has 5 nitrogen and oxygen atoms in total. The van der Waals surface area contributed by atoms with Crippen molar-refractivity contribution >= 4 is 15.5 Å². The first-order valence-corrected chi connectivity index (χ1v) is 9.11. The second-order valence-electron chi connectivity index (χ2n) is 5.43. The normalized spacial score (nSPS) is 15.5. The first kappa shape index (κ1) is 16.4. The second kappa shape index (κ2) is 6.57. The SMILES string of the molecule is COc1cc2c(cc1OC)C(=CS(=O)(=O)c1ccccc1)NCC2. The van der Waals surface area contributed by atoms with Gasteiger partial charge in [-0.25, -0.2) is 8.42 Å². The van der Waals surface area contributed by atoms with Gasteiger partial charge in [-0.3, -0.25) is 0 Å². The molecule has 0 saturated carbocycles. The molecule has 1 aliphatic rings. The Morgan fingerprint density at radius 2 is 1.71 bits per heavy atom. The minimum Gasteiger partial charge on any atom is -0.493 e. The molecule has 2 aromatic carbocycles. The maximum Gasteiger partial charge on any atom is 0.201 e. The Labute approximate surface area is 141 Å². The average Bonchev–Trinajstić information content (AvgIpc) is 2.61. The van der Waals surface area contributed by atoms with Gasteiger partial charge in [-0.15, -0.1) is 0 Å². The number of ether oxygens (including phenoxy) is 2. The summed E-state index contributed by atoms with van der Waals surface area (Å²) in [6.45, 7) is 0.665. The predicted octanol–water partition coefficient (Wildman–Crippen LogP) is 2.62. The number of sulfone groups is 1. The van der Waals surface area contributed by atoms with Crippen molar-refractivity contribution < 1.29 is 17.9 Å². The zero-order valence-corrected chi connectivity index (χ0v) is 14.4. The molecule has 3 rings (SSSR count). The highest BCUT2D eigenvalue weighted by Crippen LogP contribution is 2.35. The van der Waals surface area contributed by atoms with Crippen LogP contribution in [0.4, 0.5) is 0 Å². The molecule has 2 aromatic rings. The Bertz CT molecular complexity index is 873. The molecule has 0 bridgehead atoms. The lowest BCUT2D eigenvalue weighted by Gasteiger charge is -2.23. The third-order valence-corrected chi connectivity index (χ3v) is 5.43. The summed E-state index contributed by atoms with van der Waals surface area (Å²) in [5, 5.41) is 4.46. The lowest BCUT2D eigenvalue weighted by molar-refractivity contribution is 0.354. The van der Waals surface area contributed by atoms with Crippen molar-refractivity contribution in [3.05, 3.63) is 59.0 Å². The monoisotopic (exact) mass is 345 g/mol. The Morgan fingerprint density at radius 3 is 2.38 bits per heavy atom. The van der Waals surface area contributed by atoms with Crippen molar-refractivity contribution in [2.75, 3.05) is 20.8 Å². The zero-order chi connectivity index (χ0) is 17.2. The van der Waals surface area contributed by atoms with E-state index in [-0.39, 0.29) is 4.90 Å². The largest absolute Gasteiger partial charge is 0.493 e. The summed E-state index contributed by atoms with van der Waals surface area (Å²) < 4.78 is 35.9. The van der Waals surface area contributed by atoms with Crippen LogP contribution in [0, 0.1) is 0 Å². The van der Waals surface area contributed by atoms with E-state index in [9.17, 15) is 8.42 Å². The van der Waals surface area contributed by atoms with Gasteiger partial charge in [-0.1, -0.05) is 18.2 Å². The number of fused-ring (bicyclic) bond motifs is 1. The van der Waals surface area contributed by atoms with Crippen LogP contribution in [0.25, 0.3) is 5.70 Å². The predicted molar refractivity (Wildman–Crippen MR) is 92.9 cm³/mol. The molecule has 6 heteroatoms. The van der Waals surface area contributed by atoms with E-state index < -0.39 is 9.84 Å². The molecule has 126 valence electrons. The second-order valence-corrected chi connectivity index (χ2v) is 7.23. The highest BCUT2D eigenvalue weighted by molar-refractivity contribution is 7.94. The van der Waals surface area contributed by atoms with Gasteiger partial charge in [0.2, 0.25) is 9.84 Å². The molecule has 0 radical (unpaired) electrons. The van der Waals surface area contributed by atoms with E-state index >= 15 is 0 Å². The first-order chi connectivity index (χ1) is 11.5. The van der Waals surface area contributed by atoms with Gasteiger partial charge in [0.15, 0.2) is 11.5 Å². The van der Waals surface area contributed by atoms with Crippen molar-refractivity contribution in [3.63, 3.8) is 0 Å². The summed E-state index contributed by atoms with van der Waals surface area (Å²) in [7, 11) is -0.389. The number of rotatable bonds is 4. The molecule has 0 spiro atoms. The highest BCUT2D eigenvalue weighted by atomic mass is 32.2. The van der Waals surface area contributed by atoms with E-state index in [0.717, 1.165) is 17.5 Å². The third kappa shape index (κ3) is 3.10. The van der Waals surface area contributed by atoms with Gasteiger partial charge >= 0.3 is 0 Å². The fourth-order valence-corrected chi connectivity index (χ4v) is 3.94. The van der Waals surface area contributed by atoms with Gasteiger partial charge < -0.3 is 14.8 Å². The maximum absolute atomic E-state index is 12.6. The summed E-state index contributed by atoms with van der Waals surface area (Å²) >= 11 is 0. The number of methoxy groups -OCH3 is 2. The Hall–Kier alpha value is -2.47. The minimum absolute atomic E-state index is 0.270.